The molecule has 1 aliphatic heterocycles. The number of carbonyl (C=O) groups is 1. The minimum atomic E-state index is -1.30. The second kappa shape index (κ2) is 3.49. The first kappa shape index (κ1) is 11.0. The third kappa shape index (κ3) is 1.55. The van der Waals surface area contributed by atoms with Gasteiger partial charge < -0.3 is 9.84 Å². The standard InChI is InChI=1S/C12H15NO3/c1-8-4-6-10(7-5-8)13-11(14)16-9(2)12(13,3)15/h4-7,9,15H,1-3H3/t9-,12+/m0/s1. The van der Waals surface area contributed by atoms with Crippen LogP contribution in [-0.4, -0.2) is 23.0 Å². The van der Waals surface area contributed by atoms with Crippen molar-refractivity contribution < 1.29 is 14.6 Å². The van der Waals surface area contributed by atoms with Gasteiger partial charge in [-0.1, -0.05) is 17.7 Å². The van der Waals surface area contributed by atoms with Crippen molar-refractivity contribution in [2.45, 2.75) is 32.6 Å². The number of cyclic esters (lactones) is 1. The molecule has 1 amide bonds. The number of ether oxygens (including phenoxy) is 1. The number of benzene rings is 1. The summed E-state index contributed by atoms with van der Waals surface area (Å²) in [5.74, 6) is 0. The number of nitrogens with zero attached hydrogens (tertiary/aromatic N) is 1. The fourth-order valence-corrected chi connectivity index (χ4v) is 1.74. The molecule has 1 N–H and O–H groups in total. The lowest BCUT2D eigenvalue weighted by molar-refractivity contribution is -0.00438. The van der Waals surface area contributed by atoms with E-state index in [-0.39, 0.29) is 0 Å². The van der Waals surface area contributed by atoms with E-state index in [4.69, 9.17) is 4.74 Å². The minimum absolute atomic E-state index is 0.513. The number of hydrogen-bond acceptors (Lipinski definition) is 3. The number of carbonyl (C=O) groups excluding carboxylic acids is 1. The number of aryl methyl sites for hydroxylation is 1. The molecule has 4 nitrogen and oxygen atoms in total. The number of anilines is 1. The fourth-order valence-electron chi connectivity index (χ4n) is 1.74. The highest BCUT2D eigenvalue weighted by molar-refractivity contribution is 5.91. The molecule has 0 aliphatic carbocycles. The first-order chi connectivity index (χ1) is 7.43. The van der Waals surface area contributed by atoms with Gasteiger partial charge in [0.05, 0.1) is 5.69 Å². The molecule has 1 saturated heterocycles. The summed E-state index contributed by atoms with van der Waals surface area (Å²) >= 11 is 0. The van der Waals surface area contributed by atoms with Crippen LogP contribution in [0, 0.1) is 6.92 Å². The largest absolute Gasteiger partial charge is 0.441 e. The first-order valence-corrected chi connectivity index (χ1v) is 5.23. The maximum absolute atomic E-state index is 11.6. The van der Waals surface area contributed by atoms with Crippen LogP contribution in [0.1, 0.15) is 19.4 Å². The molecule has 1 aromatic carbocycles. The SMILES string of the molecule is Cc1ccc(N2C(=O)O[C@@H](C)[C@@]2(C)O)cc1. The van der Waals surface area contributed by atoms with Gasteiger partial charge in [-0.3, -0.25) is 0 Å². The molecule has 0 radical (unpaired) electrons. The van der Waals surface area contributed by atoms with E-state index in [1.54, 1.807) is 26.0 Å². The molecule has 0 bridgehead atoms. The third-order valence-corrected chi connectivity index (χ3v) is 2.98. The van der Waals surface area contributed by atoms with Crippen molar-refractivity contribution in [3.63, 3.8) is 0 Å². The summed E-state index contributed by atoms with van der Waals surface area (Å²) in [6.07, 6.45) is -1.05. The Morgan fingerprint density at radius 1 is 1.38 bits per heavy atom. The van der Waals surface area contributed by atoms with Crippen molar-refractivity contribution in [2.24, 2.45) is 0 Å². The van der Waals surface area contributed by atoms with E-state index in [1.807, 2.05) is 19.1 Å². The molecule has 0 saturated carbocycles. The van der Waals surface area contributed by atoms with E-state index in [0.29, 0.717) is 5.69 Å². The van der Waals surface area contributed by atoms with Crippen LogP contribution < -0.4 is 4.90 Å². The summed E-state index contributed by atoms with van der Waals surface area (Å²) in [5.41, 5.74) is 0.445. The predicted octanol–water partition coefficient (Wildman–Crippen LogP) is 2.05. The molecule has 0 spiro atoms. The van der Waals surface area contributed by atoms with Crippen molar-refractivity contribution >= 4 is 11.8 Å². The van der Waals surface area contributed by atoms with E-state index < -0.39 is 17.9 Å². The van der Waals surface area contributed by atoms with E-state index in [1.165, 1.54) is 4.90 Å². The van der Waals surface area contributed by atoms with Crippen LogP contribution >= 0.6 is 0 Å². The Balaban J connectivity index is 2.40. The Morgan fingerprint density at radius 3 is 2.38 bits per heavy atom. The molecule has 1 aromatic rings. The predicted molar refractivity (Wildman–Crippen MR) is 60.2 cm³/mol. The molecule has 0 aromatic heterocycles. The Morgan fingerprint density at radius 2 is 1.94 bits per heavy atom. The second-order valence-electron chi connectivity index (χ2n) is 4.29. The number of rotatable bonds is 1. The van der Waals surface area contributed by atoms with Crippen molar-refractivity contribution in [1.29, 1.82) is 0 Å². The van der Waals surface area contributed by atoms with Gasteiger partial charge >= 0.3 is 6.09 Å². The summed E-state index contributed by atoms with van der Waals surface area (Å²) in [6, 6.07) is 7.37. The Kier molecular flexibility index (Phi) is 2.39. The lowest BCUT2D eigenvalue weighted by Crippen LogP contribution is -2.48. The first-order valence-electron chi connectivity index (χ1n) is 5.23. The van der Waals surface area contributed by atoms with E-state index in [0.717, 1.165) is 5.56 Å². The van der Waals surface area contributed by atoms with Gasteiger partial charge in [-0.05, 0) is 32.9 Å². The zero-order valence-electron chi connectivity index (χ0n) is 9.60. The molecule has 2 rings (SSSR count). The fraction of sp³-hybridized carbons (Fsp3) is 0.417. The Bertz CT molecular complexity index is 411. The molecule has 1 fully saturated rings. The average Bonchev–Trinajstić information content (AvgIpc) is 2.39. The number of amides is 1. The van der Waals surface area contributed by atoms with Gasteiger partial charge in [-0.25, -0.2) is 9.69 Å². The quantitative estimate of drug-likeness (QED) is 0.789. The van der Waals surface area contributed by atoms with Gasteiger partial charge in [0.15, 0.2) is 5.72 Å². The highest BCUT2D eigenvalue weighted by Crippen LogP contribution is 2.33. The van der Waals surface area contributed by atoms with Crippen LogP contribution in [0.15, 0.2) is 24.3 Å². The number of hydrogen-bond donors (Lipinski definition) is 1. The molecular weight excluding hydrogens is 206 g/mol. The molecule has 0 unspecified atom stereocenters. The smallest absolute Gasteiger partial charge is 0.417 e. The molecule has 1 aliphatic rings. The monoisotopic (exact) mass is 221 g/mol. The summed E-state index contributed by atoms with van der Waals surface area (Å²) in [5, 5.41) is 10.2. The van der Waals surface area contributed by atoms with Crippen molar-refractivity contribution in [3.05, 3.63) is 29.8 Å². The van der Waals surface area contributed by atoms with Gasteiger partial charge in [-0.2, -0.15) is 0 Å². The zero-order chi connectivity index (χ0) is 11.9. The molecule has 16 heavy (non-hydrogen) atoms. The van der Waals surface area contributed by atoms with E-state index in [9.17, 15) is 9.90 Å². The maximum atomic E-state index is 11.6. The Hall–Kier alpha value is -1.55. The minimum Gasteiger partial charge on any atom is -0.441 e. The van der Waals surface area contributed by atoms with Crippen LogP contribution in [0.25, 0.3) is 0 Å². The summed E-state index contributed by atoms with van der Waals surface area (Å²) in [7, 11) is 0. The Labute approximate surface area is 94.4 Å². The molecule has 2 atom stereocenters. The van der Waals surface area contributed by atoms with Crippen molar-refractivity contribution in [1.82, 2.24) is 0 Å². The summed E-state index contributed by atoms with van der Waals surface area (Å²) in [4.78, 5) is 12.9. The van der Waals surface area contributed by atoms with Gasteiger partial charge in [0, 0.05) is 0 Å². The van der Waals surface area contributed by atoms with Gasteiger partial charge in [0.1, 0.15) is 6.10 Å². The molecule has 1 heterocycles. The highest BCUT2D eigenvalue weighted by Gasteiger charge is 2.49. The van der Waals surface area contributed by atoms with E-state index >= 15 is 0 Å². The summed E-state index contributed by atoms with van der Waals surface area (Å²) in [6.45, 7) is 5.21. The molecule has 4 heteroatoms. The maximum Gasteiger partial charge on any atom is 0.417 e. The topological polar surface area (TPSA) is 49.8 Å². The number of aliphatic hydroxyl groups is 1. The highest BCUT2D eigenvalue weighted by atomic mass is 16.6. The normalized spacial score (nSPS) is 29.4. The lowest BCUT2D eigenvalue weighted by Gasteiger charge is -2.28. The third-order valence-electron chi connectivity index (χ3n) is 2.98. The van der Waals surface area contributed by atoms with Crippen LogP contribution in [0.5, 0.6) is 0 Å². The zero-order valence-corrected chi connectivity index (χ0v) is 9.60. The molecular formula is C12H15NO3. The van der Waals surface area contributed by atoms with Crippen molar-refractivity contribution in [3.8, 4) is 0 Å². The van der Waals surface area contributed by atoms with Gasteiger partial charge in [0.25, 0.3) is 0 Å². The van der Waals surface area contributed by atoms with Gasteiger partial charge in [-0.15, -0.1) is 0 Å². The van der Waals surface area contributed by atoms with Gasteiger partial charge in [0.2, 0.25) is 0 Å². The van der Waals surface area contributed by atoms with Crippen molar-refractivity contribution in [2.75, 3.05) is 4.90 Å². The van der Waals surface area contributed by atoms with Crippen LogP contribution in [0.2, 0.25) is 0 Å². The van der Waals surface area contributed by atoms with Crippen LogP contribution in [0.4, 0.5) is 10.5 Å². The average molecular weight is 221 g/mol. The van der Waals surface area contributed by atoms with Crippen LogP contribution in [0.3, 0.4) is 0 Å². The molecule has 86 valence electrons. The van der Waals surface area contributed by atoms with Crippen LogP contribution in [-0.2, 0) is 4.74 Å². The van der Waals surface area contributed by atoms with E-state index in [2.05, 4.69) is 0 Å². The second-order valence-corrected chi connectivity index (χ2v) is 4.29. The lowest BCUT2D eigenvalue weighted by atomic mass is 10.1. The summed E-state index contributed by atoms with van der Waals surface area (Å²) < 4.78 is 5.01.